The van der Waals surface area contributed by atoms with E-state index in [1.165, 1.54) is 0 Å². The number of carboxylic acids is 3. The fraction of sp³-hybridized carbons (Fsp3) is 0.318. The van der Waals surface area contributed by atoms with E-state index in [-0.39, 0.29) is 71.8 Å². The first-order valence-corrected chi connectivity index (χ1v) is 34.9. The minimum atomic E-state index is -1.20. The summed E-state index contributed by atoms with van der Waals surface area (Å²) in [5.74, 6) is -3.44. The number of aliphatic carboxylic acids is 3. The van der Waals surface area contributed by atoms with Crippen LogP contribution in [0.1, 0.15) is 115 Å². The molecule has 0 spiro atoms. The SMILES string of the molecule is CC(C)(I)C(=O)Oc1ccc(C(C)(CC(=O)[O-])c2ccc(OC(=O)C(C)(C)I)cc2)cc1.CC(CC(=O)[O-])(c1ccc(OC(=O)CI)cc1)c1ccc(OC(=O)CI)cc1.CC(I)C(=O)Oc1ccc(C(C)(CC(=O)[O-])c2ccc(OC(=O)C(C)I)cc2)cc1. The molecule has 0 saturated carbocycles. The molecule has 18 nitrogen and oxygen atoms in total. The van der Waals surface area contributed by atoms with Crippen molar-refractivity contribution in [1.29, 1.82) is 0 Å². The van der Waals surface area contributed by atoms with Gasteiger partial charge in [-0.2, -0.15) is 0 Å². The number of hydrogen-bond acceptors (Lipinski definition) is 18. The largest absolute Gasteiger partial charge is 0.550 e. The van der Waals surface area contributed by atoms with Gasteiger partial charge in [0.1, 0.15) is 49.2 Å². The lowest BCUT2D eigenvalue weighted by Crippen LogP contribution is -2.34. The fourth-order valence-corrected chi connectivity index (χ4v) is 9.28. The second-order valence-corrected chi connectivity index (χ2v) is 32.5. The zero-order chi connectivity index (χ0) is 67.5. The molecule has 24 heteroatoms. The third-order valence-electron chi connectivity index (χ3n) is 13.6. The van der Waals surface area contributed by atoms with Crippen molar-refractivity contribution in [1.82, 2.24) is 0 Å². The molecule has 0 bridgehead atoms. The summed E-state index contributed by atoms with van der Waals surface area (Å²) in [6.45, 7) is 15.9. The van der Waals surface area contributed by atoms with Gasteiger partial charge in [-0.1, -0.05) is 229 Å². The Morgan fingerprint density at radius 2 is 0.522 bits per heavy atom. The molecule has 0 aliphatic heterocycles. The van der Waals surface area contributed by atoms with Crippen molar-refractivity contribution in [2.45, 2.75) is 113 Å². The van der Waals surface area contributed by atoms with Gasteiger partial charge in [-0.15, -0.1) is 0 Å². The summed E-state index contributed by atoms with van der Waals surface area (Å²) in [5, 5.41) is 34.5. The minimum absolute atomic E-state index is 0.233. The molecule has 6 rings (SSSR count). The van der Waals surface area contributed by atoms with Crippen molar-refractivity contribution in [3.05, 3.63) is 179 Å². The maximum Gasteiger partial charge on any atom is 0.326 e. The van der Waals surface area contributed by atoms with Gasteiger partial charge in [0, 0.05) is 53.4 Å². The molecule has 0 aromatic heterocycles. The van der Waals surface area contributed by atoms with Crippen LogP contribution in [0.15, 0.2) is 146 Å². The van der Waals surface area contributed by atoms with Crippen LogP contribution in [-0.2, 0) is 59.4 Å². The standard InChI is InChI=1S/C24H26I2O6.C22H22I2O6.C20H18I2O6/c1-22(2,25)20(29)31-17-10-6-15(7-11-17)24(5,14-19(27)28)16-8-12-18(13-9-16)32-21(30)23(3,4)26;1-13(23)20(27)29-17-8-4-15(5-9-17)22(3,12-19(25)26)16-6-10-18(11-7-16)30-21(28)14(2)24;1-20(10-17(23)24,13-2-6-15(7-3-13)27-18(25)11-21)14-4-8-16(9-5-14)28-19(26)12-22/h6-13H,14H2,1-5H3,(H,27,28);4-11,13-14H,12H2,1-3H3,(H,25,26);2-9H,10-12H2,1H3,(H,23,24)/p-3. The molecule has 0 fully saturated rings. The number of alkyl halides is 6. The lowest BCUT2D eigenvalue weighted by molar-refractivity contribution is -0.308. The predicted octanol–water partition coefficient (Wildman–Crippen LogP) is 10.8. The molecule has 0 heterocycles. The molecule has 2 unspecified atom stereocenters. The topological polar surface area (TPSA) is 278 Å². The van der Waals surface area contributed by atoms with Crippen LogP contribution in [0.2, 0.25) is 0 Å². The van der Waals surface area contributed by atoms with Crippen LogP contribution in [0.4, 0.5) is 0 Å². The highest BCUT2D eigenvalue weighted by Gasteiger charge is 2.34. The zero-order valence-electron chi connectivity index (χ0n) is 50.2. The summed E-state index contributed by atoms with van der Waals surface area (Å²) < 4.78 is 30.2. The Morgan fingerprint density at radius 1 is 0.344 bits per heavy atom. The number of benzene rings is 6. The molecule has 0 N–H and O–H groups in total. The molecule has 0 aliphatic carbocycles. The molecule has 90 heavy (non-hydrogen) atoms. The molecule has 0 radical (unpaired) electrons. The second kappa shape index (κ2) is 34.7. The van der Waals surface area contributed by atoms with Gasteiger partial charge < -0.3 is 58.1 Å². The van der Waals surface area contributed by atoms with Gasteiger partial charge in [0.2, 0.25) is 0 Å². The van der Waals surface area contributed by atoms with E-state index in [2.05, 4.69) is 0 Å². The lowest BCUT2D eigenvalue weighted by atomic mass is 9.74. The molecule has 0 saturated heterocycles. The van der Waals surface area contributed by atoms with Crippen molar-refractivity contribution >= 4 is 189 Å². The first-order chi connectivity index (χ1) is 41.9. The van der Waals surface area contributed by atoms with Crippen LogP contribution in [0.5, 0.6) is 34.5 Å². The molecular formula is C66H63I6O18-3. The van der Waals surface area contributed by atoms with E-state index in [0.29, 0.717) is 45.6 Å². The molecular weight excluding hydrogens is 1840 g/mol. The van der Waals surface area contributed by atoms with Crippen LogP contribution < -0.4 is 43.7 Å². The fourth-order valence-electron chi connectivity index (χ4n) is 8.49. The van der Waals surface area contributed by atoms with Crippen molar-refractivity contribution in [3.63, 3.8) is 0 Å². The van der Waals surface area contributed by atoms with Crippen molar-refractivity contribution in [3.8, 4) is 34.5 Å². The Kier molecular flexibility index (Phi) is 29.9. The monoisotopic (exact) mass is 1900 g/mol. The highest BCUT2D eigenvalue weighted by Crippen LogP contribution is 2.40. The number of esters is 6. The number of carbonyl (C=O) groups is 9. The Bertz CT molecular complexity index is 3270. The van der Waals surface area contributed by atoms with Gasteiger partial charge in [0.15, 0.2) is 0 Å². The Morgan fingerprint density at radius 3 is 0.678 bits per heavy atom. The van der Waals surface area contributed by atoms with E-state index in [1.54, 1.807) is 208 Å². The highest BCUT2D eigenvalue weighted by molar-refractivity contribution is 14.1. The first kappa shape index (κ1) is 77.4. The summed E-state index contributed by atoms with van der Waals surface area (Å²) in [4.78, 5) is 105. The summed E-state index contributed by atoms with van der Waals surface area (Å²) in [6, 6.07) is 40.4. The van der Waals surface area contributed by atoms with Crippen LogP contribution in [0, 0.1) is 0 Å². The van der Waals surface area contributed by atoms with Gasteiger partial charge in [-0.05, 0) is 148 Å². The number of hydrogen-bond donors (Lipinski definition) is 0. The number of ether oxygens (including phenoxy) is 6. The first-order valence-electron chi connectivity index (χ1n) is 27.2. The molecule has 0 aliphatic rings. The van der Waals surface area contributed by atoms with Crippen LogP contribution >= 0.6 is 136 Å². The van der Waals surface area contributed by atoms with Gasteiger partial charge >= 0.3 is 35.8 Å². The highest BCUT2D eigenvalue weighted by atomic mass is 127. The lowest BCUT2D eigenvalue weighted by Gasteiger charge is -2.32. The number of rotatable bonds is 24. The van der Waals surface area contributed by atoms with Crippen molar-refractivity contribution < 1.29 is 86.9 Å². The smallest absolute Gasteiger partial charge is 0.326 e. The third-order valence-corrected chi connectivity index (χ3v) is 16.7. The Hall–Kier alpha value is -5.07. The number of halogens is 6. The van der Waals surface area contributed by atoms with E-state index in [4.69, 9.17) is 28.4 Å². The zero-order valence-corrected chi connectivity index (χ0v) is 63.1. The number of carbonyl (C=O) groups excluding carboxylic acids is 9. The van der Waals surface area contributed by atoms with E-state index in [0.717, 1.165) is 22.3 Å². The van der Waals surface area contributed by atoms with E-state index >= 15 is 0 Å². The molecule has 6 aromatic carbocycles. The molecule has 0 amide bonds. The van der Waals surface area contributed by atoms with Gasteiger partial charge in [0.25, 0.3) is 0 Å². The van der Waals surface area contributed by atoms with Gasteiger partial charge in [-0.3, -0.25) is 28.8 Å². The average molecular weight is 1910 g/mol. The van der Waals surface area contributed by atoms with E-state index in [1.807, 2.05) is 136 Å². The second-order valence-electron chi connectivity index (χ2n) is 21.8. The Labute approximate surface area is 604 Å². The summed E-state index contributed by atoms with van der Waals surface area (Å²) in [6.07, 6.45) is -0.750. The van der Waals surface area contributed by atoms with Crippen LogP contribution in [0.25, 0.3) is 0 Å². The maximum atomic E-state index is 12.1. The quantitative estimate of drug-likeness (QED) is 0.0236. The normalized spacial score (nSPS) is 12.7. The number of carboxylic acid groups (broad SMARTS) is 3. The maximum absolute atomic E-state index is 12.1. The summed E-state index contributed by atoms with van der Waals surface area (Å²) in [7, 11) is 0. The van der Waals surface area contributed by atoms with Gasteiger partial charge in [0.05, 0.1) is 8.86 Å². The summed E-state index contributed by atoms with van der Waals surface area (Å²) >= 11 is 11.8. The van der Waals surface area contributed by atoms with E-state index in [9.17, 15) is 58.5 Å². The summed E-state index contributed by atoms with van der Waals surface area (Å²) in [5.41, 5.74) is 1.65. The minimum Gasteiger partial charge on any atom is -0.550 e. The molecule has 2 atom stereocenters. The third kappa shape index (κ3) is 23.5. The van der Waals surface area contributed by atoms with Crippen LogP contribution in [0.3, 0.4) is 0 Å². The van der Waals surface area contributed by atoms with Gasteiger partial charge in [-0.25, -0.2) is 0 Å². The van der Waals surface area contributed by atoms with E-state index < -0.39 is 41.0 Å². The van der Waals surface area contributed by atoms with Crippen molar-refractivity contribution in [2.24, 2.45) is 0 Å². The predicted molar refractivity (Wildman–Crippen MR) is 382 cm³/mol. The molecule has 480 valence electrons. The Balaban J connectivity index is 0.000000289. The van der Waals surface area contributed by atoms with Crippen molar-refractivity contribution in [2.75, 3.05) is 8.86 Å². The van der Waals surface area contributed by atoms with Crippen LogP contribution in [-0.4, -0.2) is 77.3 Å². The molecule has 6 aromatic rings. The average Bonchev–Trinajstić information content (AvgIpc) is 0.958.